The molecule has 1 aliphatic rings. The predicted octanol–water partition coefficient (Wildman–Crippen LogP) is 3.73. The smallest absolute Gasteiger partial charge is 0.162 e. The molecule has 0 atom stereocenters. The van der Waals surface area contributed by atoms with E-state index in [1.165, 1.54) is 11.3 Å². The van der Waals surface area contributed by atoms with Crippen molar-refractivity contribution in [3.05, 3.63) is 48.2 Å². The van der Waals surface area contributed by atoms with Gasteiger partial charge in [0.2, 0.25) is 0 Å². The lowest BCUT2D eigenvalue weighted by atomic mass is 10.0. The van der Waals surface area contributed by atoms with E-state index in [4.69, 9.17) is 9.47 Å². The van der Waals surface area contributed by atoms with Gasteiger partial charge in [-0.25, -0.2) is 0 Å². The molecule has 5 nitrogen and oxygen atoms in total. The normalized spacial score (nSPS) is 13.7. The van der Waals surface area contributed by atoms with Crippen molar-refractivity contribution in [3.63, 3.8) is 0 Å². The standard InChI is InChI=1S/C19H19N3O2/c1-23-18-10-14-15(11-19(18)24-2)21-20-12-17(14)22-9-5-7-13-6-3-4-8-16(13)22/h3-4,6,8,10-12H,5,7,9H2,1-2H3. The highest BCUT2D eigenvalue weighted by atomic mass is 16.5. The van der Waals surface area contributed by atoms with Gasteiger partial charge in [0, 0.05) is 23.7 Å². The summed E-state index contributed by atoms with van der Waals surface area (Å²) in [5.74, 6) is 1.36. The lowest BCUT2D eigenvalue weighted by Gasteiger charge is -2.31. The fourth-order valence-corrected chi connectivity index (χ4v) is 3.37. The maximum absolute atomic E-state index is 5.46. The highest BCUT2D eigenvalue weighted by Crippen LogP contribution is 2.39. The van der Waals surface area contributed by atoms with E-state index < -0.39 is 0 Å². The SMILES string of the molecule is COc1cc2nncc(N3CCCc4ccccc43)c2cc1OC. The Kier molecular flexibility index (Phi) is 3.69. The van der Waals surface area contributed by atoms with Crippen LogP contribution in [0.15, 0.2) is 42.6 Å². The molecule has 3 aromatic rings. The zero-order valence-electron chi connectivity index (χ0n) is 13.8. The highest BCUT2D eigenvalue weighted by molar-refractivity contribution is 5.95. The Labute approximate surface area is 140 Å². The molecule has 2 aromatic carbocycles. The van der Waals surface area contributed by atoms with Gasteiger partial charge < -0.3 is 14.4 Å². The number of fused-ring (bicyclic) bond motifs is 2. The molecule has 0 radical (unpaired) electrons. The minimum Gasteiger partial charge on any atom is -0.493 e. The maximum Gasteiger partial charge on any atom is 0.162 e. The van der Waals surface area contributed by atoms with Gasteiger partial charge in [-0.1, -0.05) is 18.2 Å². The summed E-state index contributed by atoms with van der Waals surface area (Å²) in [5, 5.41) is 9.48. The van der Waals surface area contributed by atoms with Crippen molar-refractivity contribution >= 4 is 22.3 Å². The molecule has 0 N–H and O–H groups in total. The van der Waals surface area contributed by atoms with Gasteiger partial charge in [0.1, 0.15) is 0 Å². The second-order valence-electron chi connectivity index (χ2n) is 5.84. The number of aryl methyl sites for hydroxylation is 1. The van der Waals surface area contributed by atoms with E-state index in [0.29, 0.717) is 11.5 Å². The average molecular weight is 321 g/mol. The van der Waals surface area contributed by atoms with Crippen LogP contribution < -0.4 is 14.4 Å². The fourth-order valence-electron chi connectivity index (χ4n) is 3.37. The first-order chi connectivity index (χ1) is 11.8. The summed E-state index contributed by atoms with van der Waals surface area (Å²) >= 11 is 0. The van der Waals surface area contributed by atoms with E-state index in [0.717, 1.165) is 36.0 Å². The van der Waals surface area contributed by atoms with Crippen LogP contribution in [0.4, 0.5) is 11.4 Å². The number of nitrogens with zero attached hydrogens (tertiary/aromatic N) is 3. The molecule has 5 heteroatoms. The lowest BCUT2D eigenvalue weighted by molar-refractivity contribution is 0.355. The van der Waals surface area contributed by atoms with Gasteiger partial charge in [-0.3, -0.25) is 0 Å². The van der Waals surface area contributed by atoms with E-state index in [2.05, 4.69) is 39.4 Å². The number of rotatable bonds is 3. The van der Waals surface area contributed by atoms with Crippen LogP contribution in [0.1, 0.15) is 12.0 Å². The number of ether oxygens (including phenoxy) is 2. The number of anilines is 2. The summed E-state index contributed by atoms with van der Waals surface area (Å²) in [6.07, 6.45) is 4.06. The number of hydrogen-bond donors (Lipinski definition) is 0. The summed E-state index contributed by atoms with van der Waals surface area (Å²) in [4.78, 5) is 2.32. The third kappa shape index (κ3) is 2.33. The molecule has 4 rings (SSSR count). The molecule has 0 unspecified atom stereocenters. The van der Waals surface area contributed by atoms with Gasteiger partial charge in [-0.05, 0) is 30.5 Å². The van der Waals surface area contributed by atoms with Crippen molar-refractivity contribution in [2.75, 3.05) is 25.7 Å². The second kappa shape index (κ2) is 6.00. The lowest BCUT2D eigenvalue weighted by Crippen LogP contribution is -2.24. The highest BCUT2D eigenvalue weighted by Gasteiger charge is 2.21. The molecule has 122 valence electrons. The average Bonchev–Trinajstić information content (AvgIpc) is 2.66. The quantitative estimate of drug-likeness (QED) is 0.735. The first kappa shape index (κ1) is 14.8. The van der Waals surface area contributed by atoms with E-state index in [-0.39, 0.29) is 0 Å². The molecule has 2 heterocycles. The minimum absolute atomic E-state index is 0.662. The van der Waals surface area contributed by atoms with Crippen LogP contribution in [0.2, 0.25) is 0 Å². The third-order valence-electron chi connectivity index (χ3n) is 4.52. The van der Waals surface area contributed by atoms with Gasteiger partial charge in [0.15, 0.2) is 11.5 Å². The number of methoxy groups -OCH3 is 2. The van der Waals surface area contributed by atoms with Gasteiger partial charge in [0.05, 0.1) is 31.6 Å². The molecule has 1 aliphatic heterocycles. The summed E-state index contributed by atoms with van der Waals surface area (Å²) < 4.78 is 10.8. The molecule has 0 aliphatic carbocycles. The summed E-state index contributed by atoms with van der Waals surface area (Å²) in [6, 6.07) is 12.4. The van der Waals surface area contributed by atoms with Crippen LogP contribution in [0, 0.1) is 0 Å². The second-order valence-corrected chi connectivity index (χ2v) is 5.84. The third-order valence-corrected chi connectivity index (χ3v) is 4.52. The molecule has 24 heavy (non-hydrogen) atoms. The largest absolute Gasteiger partial charge is 0.493 e. The topological polar surface area (TPSA) is 47.5 Å². The molecule has 0 saturated heterocycles. The molecular weight excluding hydrogens is 302 g/mol. The molecule has 1 aromatic heterocycles. The zero-order valence-corrected chi connectivity index (χ0v) is 13.8. The van der Waals surface area contributed by atoms with Gasteiger partial charge in [-0.2, -0.15) is 10.2 Å². The Balaban J connectivity index is 1.92. The maximum atomic E-state index is 5.46. The van der Waals surface area contributed by atoms with Crippen molar-refractivity contribution < 1.29 is 9.47 Å². The molecule has 0 spiro atoms. The Morgan fingerprint density at radius 2 is 1.79 bits per heavy atom. The molecule has 0 amide bonds. The van der Waals surface area contributed by atoms with E-state index in [1.807, 2.05) is 18.3 Å². The van der Waals surface area contributed by atoms with Crippen LogP contribution in [0.25, 0.3) is 10.9 Å². The van der Waals surface area contributed by atoms with Crippen molar-refractivity contribution in [2.24, 2.45) is 0 Å². The van der Waals surface area contributed by atoms with Gasteiger partial charge in [-0.15, -0.1) is 0 Å². The minimum atomic E-state index is 0.662. The van der Waals surface area contributed by atoms with Crippen molar-refractivity contribution in [1.29, 1.82) is 0 Å². The van der Waals surface area contributed by atoms with Crippen LogP contribution in [0.5, 0.6) is 11.5 Å². The van der Waals surface area contributed by atoms with Crippen LogP contribution >= 0.6 is 0 Å². The molecule has 0 saturated carbocycles. The van der Waals surface area contributed by atoms with Crippen molar-refractivity contribution in [1.82, 2.24) is 10.2 Å². The van der Waals surface area contributed by atoms with E-state index in [1.54, 1.807) is 14.2 Å². The van der Waals surface area contributed by atoms with Crippen molar-refractivity contribution in [3.8, 4) is 11.5 Å². The van der Waals surface area contributed by atoms with Crippen LogP contribution in [-0.4, -0.2) is 31.0 Å². The van der Waals surface area contributed by atoms with Crippen LogP contribution in [-0.2, 0) is 6.42 Å². The number of benzene rings is 2. The van der Waals surface area contributed by atoms with Gasteiger partial charge in [0.25, 0.3) is 0 Å². The van der Waals surface area contributed by atoms with E-state index in [9.17, 15) is 0 Å². The van der Waals surface area contributed by atoms with Crippen LogP contribution in [0.3, 0.4) is 0 Å². The Morgan fingerprint density at radius 3 is 2.62 bits per heavy atom. The molecule has 0 fully saturated rings. The molecule has 0 bridgehead atoms. The van der Waals surface area contributed by atoms with Crippen molar-refractivity contribution in [2.45, 2.75) is 12.8 Å². The Morgan fingerprint density at radius 1 is 1.00 bits per heavy atom. The zero-order chi connectivity index (χ0) is 16.5. The van der Waals surface area contributed by atoms with Gasteiger partial charge >= 0.3 is 0 Å². The fraction of sp³-hybridized carbons (Fsp3) is 0.263. The van der Waals surface area contributed by atoms with E-state index >= 15 is 0 Å². The number of aromatic nitrogens is 2. The number of hydrogen-bond acceptors (Lipinski definition) is 5. The first-order valence-electron chi connectivity index (χ1n) is 8.04. The molecular formula is C19H19N3O2. The Bertz CT molecular complexity index is 895. The summed E-state index contributed by atoms with van der Waals surface area (Å²) in [5.41, 5.74) is 4.46. The summed E-state index contributed by atoms with van der Waals surface area (Å²) in [7, 11) is 3.27. The Hall–Kier alpha value is -2.82. The first-order valence-corrected chi connectivity index (χ1v) is 8.04. The predicted molar refractivity (Wildman–Crippen MR) is 94.4 cm³/mol. The monoisotopic (exact) mass is 321 g/mol. The summed E-state index contributed by atoms with van der Waals surface area (Å²) in [6.45, 7) is 0.964. The number of para-hydroxylation sites is 1.